The number of aryl methyl sites for hydroxylation is 1. The predicted molar refractivity (Wildman–Crippen MR) is 166 cm³/mol. The molecule has 0 aliphatic heterocycles. The maximum absolute atomic E-state index is 13.6. The van der Waals surface area contributed by atoms with Crippen molar-refractivity contribution in [2.45, 2.75) is 78.1 Å². The van der Waals surface area contributed by atoms with Crippen LogP contribution in [0.5, 0.6) is 0 Å². The molecule has 0 saturated heterocycles. The topological polar surface area (TPSA) is 166 Å². The van der Waals surface area contributed by atoms with E-state index in [9.17, 15) is 24.0 Å². The molecular weight excluding hydrogens is 564 g/mol. The number of amides is 4. The van der Waals surface area contributed by atoms with Crippen molar-refractivity contribution in [3.63, 3.8) is 0 Å². The standard InChI is InChI=1S/C33H44N4O7/c1-5-43-30(39)18-16-26(15-17-29(34)38)35-31(40)28(20-24-13-11-23(4)12-14-24)36-32(41)27(19-22(2)3)37-33(42)44-21-25-9-7-6-8-10-25/h6-14,16,18,22,26-28H,5,15,17,19-21H2,1-4H3,(H2,34,38)(H,35,40)(H,36,41)(H,37,42)/b18-16+/t26-,27-,28-/m0/s1. The van der Waals surface area contributed by atoms with Gasteiger partial charge in [-0.2, -0.15) is 0 Å². The Morgan fingerprint density at radius 3 is 2.11 bits per heavy atom. The molecule has 238 valence electrons. The molecule has 3 atom stereocenters. The second-order valence-electron chi connectivity index (χ2n) is 10.9. The third kappa shape index (κ3) is 14.0. The highest BCUT2D eigenvalue weighted by molar-refractivity contribution is 5.92. The highest BCUT2D eigenvalue weighted by Gasteiger charge is 2.29. The van der Waals surface area contributed by atoms with Crippen LogP contribution in [-0.4, -0.2) is 54.5 Å². The van der Waals surface area contributed by atoms with Crippen molar-refractivity contribution in [3.8, 4) is 0 Å². The molecule has 44 heavy (non-hydrogen) atoms. The number of ether oxygens (including phenoxy) is 2. The Balaban J connectivity index is 2.23. The van der Waals surface area contributed by atoms with Crippen molar-refractivity contribution in [2.75, 3.05) is 6.61 Å². The number of primary amides is 1. The van der Waals surface area contributed by atoms with Crippen molar-refractivity contribution in [1.29, 1.82) is 0 Å². The molecule has 0 saturated carbocycles. The Bertz CT molecular complexity index is 1260. The minimum absolute atomic E-state index is 0.0349. The highest BCUT2D eigenvalue weighted by Crippen LogP contribution is 2.11. The van der Waals surface area contributed by atoms with Crippen LogP contribution in [0.4, 0.5) is 4.79 Å². The van der Waals surface area contributed by atoms with Gasteiger partial charge in [0.15, 0.2) is 0 Å². The smallest absolute Gasteiger partial charge is 0.408 e. The number of alkyl carbamates (subject to hydrolysis) is 1. The Labute approximate surface area is 258 Å². The summed E-state index contributed by atoms with van der Waals surface area (Å²) in [5, 5.41) is 8.22. The molecule has 0 fully saturated rings. The number of esters is 1. The van der Waals surface area contributed by atoms with Gasteiger partial charge in [-0.1, -0.05) is 80.1 Å². The molecule has 11 nitrogen and oxygen atoms in total. The number of benzene rings is 2. The number of carbonyl (C=O) groups excluding carboxylic acids is 5. The zero-order valence-electron chi connectivity index (χ0n) is 25.8. The lowest BCUT2D eigenvalue weighted by Crippen LogP contribution is -2.55. The third-order valence-electron chi connectivity index (χ3n) is 6.50. The van der Waals surface area contributed by atoms with Crippen LogP contribution in [-0.2, 0) is 41.7 Å². The molecule has 2 aromatic rings. The van der Waals surface area contributed by atoms with Crippen LogP contribution >= 0.6 is 0 Å². The van der Waals surface area contributed by atoms with E-state index in [1.807, 2.05) is 75.4 Å². The van der Waals surface area contributed by atoms with E-state index in [-0.39, 0.29) is 38.4 Å². The van der Waals surface area contributed by atoms with Crippen LogP contribution in [0.3, 0.4) is 0 Å². The fourth-order valence-corrected chi connectivity index (χ4v) is 4.23. The zero-order valence-corrected chi connectivity index (χ0v) is 25.8. The maximum atomic E-state index is 13.6. The summed E-state index contributed by atoms with van der Waals surface area (Å²) in [6.07, 6.45) is 2.38. The molecule has 4 amide bonds. The molecular formula is C33H44N4O7. The number of nitrogens with one attached hydrogen (secondary N) is 3. The number of hydrogen-bond acceptors (Lipinski definition) is 7. The molecule has 0 aromatic heterocycles. The summed E-state index contributed by atoms with van der Waals surface area (Å²) in [5.41, 5.74) is 7.94. The van der Waals surface area contributed by atoms with Crippen molar-refractivity contribution in [1.82, 2.24) is 16.0 Å². The number of carbonyl (C=O) groups is 5. The summed E-state index contributed by atoms with van der Waals surface area (Å²) >= 11 is 0. The first-order valence-electron chi connectivity index (χ1n) is 14.7. The van der Waals surface area contributed by atoms with E-state index in [1.54, 1.807) is 6.92 Å². The minimum Gasteiger partial charge on any atom is -0.463 e. The summed E-state index contributed by atoms with van der Waals surface area (Å²) in [6.45, 7) is 7.64. The summed E-state index contributed by atoms with van der Waals surface area (Å²) < 4.78 is 10.2. The predicted octanol–water partition coefficient (Wildman–Crippen LogP) is 3.23. The zero-order chi connectivity index (χ0) is 32.5. The lowest BCUT2D eigenvalue weighted by atomic mass is 10.0. The first kappa shape index (κ1) is 35.5. The van der Waals surface area contributed by atoms with Crippen molar-refractivity contribution in [3.05, 3.63) is 83.4 Å². The highest BCUT2D eigenvalue weighted by atomic mass is 16.5. The van der Waals surface area contributed by atoms with E-state index in [1.165, 1.54) is 12.2 Å². The molecule has 0 radical (unpaired) electrons. The van der Waals surface area contributed by atoms with Gasteiger partial charge in [-0.15, -0.1) is 0 Å². The van der Waals surface area contributed by atoms with Gasteiger partial charge in [0.25, 0.3) is 0 Å². The van der Waals surface area contributed by atoms with Gasteiger partial charge >= 0.3 is 12.1 Å². The van der Waals surface area contributed by atoms with Crippen LogP contribution in [0, 0.1) is 12.8 Å². The number of nitrogens with two attached hydrogens (primary N) is 1. The van der Waals surface area contributed by atoms with E-state index in [0.29, 0.717) is 6.42 Å². The van der Waals surface area contributed by atoms with Gasteiger partial charge in [0.1, 0.15) is 18.7 Å². The normalized spacial score (nSPS) is 13.0. The molecule has 0 aliphatic rings. The first-order valence-corrected chi connectivity index (χ1v) is 14.7. The molecule has 0 heterocycles. The van der Waals surface area contributed by atoms with E-state index in [2.05, 4.69) is 16.0 Å². The summed E-state index contributed by atoms with van der Waals surface area (Å²) in [5.74, 6) is -2.23. The van der Waals surface area contributed by atoms with Crippen LogP contribution < -0.4 is 21.7 Å². The van der Waals surface area contributed by atoms with Gasteiger partial charge in [-0.25, -0.2) is 9.59 Å². The van der Waals surface area contributed by atoms with Crippen LogP contribution in [0.2, 0.25) is 0 Å². The van der Waals surface area contributed by atoms with E-state index < -0.39 is 47.9 Å². The molecule has 2 aromatic carbocycles. The van der Waals surface area contributed by atoms with Crippen molar-refractivity contribution < 1.29 is 33.4 Å². The lowest BCUT2D eigenvalue weighted by molar-refractivity contribution is -0.137. The summed E-state index contributed by atoms with van der Waals surface area (Å²) in [6, 6.07) is 13.9. The van der Waals surface area contributed by atoms with Crippen molar-refractivity contribution in [2.24, 2.45) is 11.7 Å². The Morgan fingerprint density at radius 2 is 1.50 bits per heavy atom. The molecule has 11 heteroatoms. The Hall–Kier alpha value is -4.67. The van der Waals surface area contributed by atoms with Gasteiger partial charge in [-0.3, -0.25) is 14.4 Å². The van der Waals surface area contributed by atoms with Crippen LogP contribution in [0.1, 0.15) is 56.7 Å². The summed E-state index contributed by atoms with van der Waals surface area (Å²) in [7, 11) is 0. The SMILES string of the molecule is CCOC(=O)/C=C/[C@H](CCC(N)=O)NC(=O)[C@H](Cc1ccc(C)cc1)NC(=O)[C@H](CC(C)C)NC(=O)OCc1ccccc1. The Kier molecular flexibility index (Phi) is 15.2. The fraction of sp³-hybridized carbons (Fsp3) is 0.424. The van der Waals surface area contributed by atoms with Gasteiger partial charge in [-0.05, 0) is 43.7 Å². The molecule has 2 rings (SSSR count). The van der Waals surface area contributed by atoms with Gasteiger partial charge in [0, 0.05) is 25.0 Å². The molecule has 5 N–H and O–H groups in total. The average Bonchev–Trinajstić information content (AvgIpc) is 2.98. The largest absolute Gasteiger partial charge is 0.463 e. The van der Waals surface area contributed by atoms with Crippen LogP contribution in [0.15, 0.2) is 66.7 Å². The summed E-state index contributed by atoms with van der Waals surface area (Å²) in [4.78, 5) is 63.1. The fourth-order valence-electron chi connectivity index (χ4n) is 4.23. The number of hydrogen-bond donors (Lipinski definition) is 4. The van der Waals surface area contributed by atoms with Crippen molar-refractivity contribution >= 4 is 29.8 Å². The average molecular weight is 609 g/mol. The Morgan fingerprint density at radius 1 is 0.841 bits per heavy atom. The van der Waals surface area contributed by atoms with E-state index in [4.69, 9.17) is 15.2 Å². The maximum Gasteiger partial charge on any atom is 0.408 e. The first-order chi connectivity index (χ1) is 21.0. The quantitative estimate of drug-likeness (QED) is 0.158. The van der Waals surface area contributed by atoms with E-state index in [0.717, 1.165) is 16.7 Å². The third-order valence-corrected chi connectivity index (χ3v) is 6.50. The minimum atomic E-state index is -1.05. The lowest BCUT2D eigenvalue weighted by Gasteiger charge is -2.25. The number of rotatable bonds is 17. The van der Waals surface area contributed by atoms with Crippen LogP contribution in [0.25, 0.3) is 0 Å². The second-order valence-corrected chi connectivity index (χ2v) is 10.9. The van der Waals surface area contributed by atoms with Gasteiger partial charge in [0.2, 0.25) is 17.7 Å². The molecule has 0 bridgehead atoms. The van der Waals surface area contributed by atoms with Gasteiger partial charge < -0.3 is 31.2 Å². The molecule has 0 spiro atoms. The van der Waals surface area contributed by atoms with Gasteiger partial charge in [0.05, 0.1) is 6.61 Å². The molecule has 0 unspecified atom stereocenters. The monoisotopic (exact) mass is 608 g/mol. The second kappa shape index (κ2) is 18.8. The van der Waals surface area contributed by atoms with E-state index >= 15 is 0 Å². The molecule has 0 aliphatic carbocycles.